The molecule has 0 radical (unpaired) electrons. The van der Waals surface area contributed by atoms with Gasteiger partial charge < -0.3 is 10.0 Å². The van der Waals surface area contributed by atoms with Crippen LogP contribution in [0, 0.1) is 20.2 Å². The van der Waals surface area contributed by atoms with Crippen LogP contribution < -0.4 is 69.1 Å². The topological polar surface area (TPSA) is 153 Å². The van der Waals surface area contributed by atoms with Crippen molar-refractivity contribution in [2.24, 2.45) is 0 Å². The number of hydrogen-bond acceptors (Lipinski definition) is 8. The first-order chi connectivity index (χ1) is 54.1. The van der Waals surface area contributed by atoms with Crippen LogP contribution in [0.25, 0.3) is 11.1 Å². The fourth-order valence-electron chi connectivity index (χ4n) is 11.1. The number of non-ortho nitro benzene ring substituents is 2. The van der Waals surface area contributed by atoms with Crippen molar-refractivity contribution in [2.75, 3.05) is 0 Å². The van der Waals surface area contributed by atoms with Gasteiger partial charge in [-0.15, -0.1) is 0 Å². The maximum atomic E-state index is 10.4. The Labute approximate surface area is 685 Å². The van der Waals surface area contributed by atoms with Gasteiger partial charge in [0.15, 0.2) is 0 Å². The molecular weight excluding hydrogens is 1610 g/mol. The minimum atomic E-state index is -1.40. The van der Waals surface area contributed by atoms with Crippen molar-refractivity contribution in [2.45, 2.75) is 7.43 Å². The summed E-state index contributed by atoms with van der Waals surface area (Å²) in [6.45, 7) is 0. The van der Waals surface area contributed by atoms with Crippen LogP contribution >= 0.6 is 47.6 Å². The van der Waals surface area contributed by atoms with Crippen molar-refractivity contribution in [3.63, 3.8) is 0 Å². The number of rotatable bonds is 16. The largest absolute Gasteiger partial charge is 0.490 e. The number of benzene rings is 14. The minimum absolute atomic E-state index is 0. The molecule has 558 valence electrons. The summed E-state index contributed by atoms with van der Waals surface area (Å²) >= 11 is 3.17. The number of nitro benzene ring substituents is 2. The van der Waals surface area contributed by atoms with Gasteiger partial charge in [0.1, 0.15) is 0 Å². The fraction of sp³-hybridized carbons (Fsp3) is 0.0105. The molecule has 2 aromatic heterocycles. The zero-order chi connectivity index (χ0) is 76.6. The molecule has 0 saturated carbocycles. The summed E-state index contributed by atoms with van der Waals surface area (Å²) in [5, 5.41) is 54.4. The minimum Gasteiger partial charge on any atom is -0.423 e. The van der Waals surface area contributed by atoms with Gasteiger partial charge in [0.2, 0.25) is 0 Å². The third-order valence-electron chi connectivity index (χ3n) is 16.3. The Balaban J connectivity index is 0.000000166. The Morgan fingerprint density at radius 1 is 0.259 bits per heavy atom. The van der Waals surface area contributed by atoms with Gasteiger partial charge in [-0.1, -0.05) is 399 Å². The Morgan fingerprint density at radius 3 is 0.616 bits per heavy atom. The normalized spacial score (nSPS) is 10.1. The fourth-order valence-corrected chi connectivity index (χ4v) is 20.6. The average Bonchev–Trinajstić information content (AvgIpc) is 0.839. The second-order valence-electron chi connectivity index (χ2n) is 23.8. The number of aromatic nitrogens is 2. The number of nitro groups is 2. The molecular formula is C95H82BBrN4O6P4Pd. The van der Waals surface area contributed by atoms with Crippen LogP contribution in [0.1, 0.15) is 7.43 Å². The zero-order valence-electron chi connectivity index (χ0n) is 60.3. The summed E-state index contributed by atoms with van der Waals surface area (Å²) in [7, 11) is -3.19. The molecule has 112 heavy (non-hydrogen) atoms. The molecule has 2 heterocycles. The van der Waals surface area contributed by atoms with E-state index in [-0.39, 0.29) is 39.2 Å². The van der Waals surface area contributed by atoms with Crippen molar-refractivity contribution in [1.29, 1.82) is 0 Å². The maximum Gasteiger partial charge on any atom is 0.490 e. The molecule has 0 amide bonds. The molecule has 2 N–H and O–H groups in total. The summed E-state index contributed by atoms with van der Waals surface area (Å²) in [6, 6.07) is 149. The molecule has 16 rings (SSSR count). The molecule has 0 saturated heterocycles. The third kappa shape index (κ3) is 27.8. The number of nitrogens with zero attached hydrogens (tertiary/aromatic N) is 4. The predicted molar refractivity (Wildman–Crippen MR) is 479 cm³/mol. The maximum absolute atomic E-state index is 10.4. The standard InChI is InChI=1S/4C18H15P.C11H8N2O2.C6H4BrNO2.C5H6BNO2.CH4.Pd/c4*1-4-10-16(11-5-1)19(17-12-6-2-7-13-17)18-14-8-3-9-15-18;14-13(15)11-5-3-9(4-6-11)10-2-1-7-12-8-10;7-5-1-3-6(4-2-5)8(9)10;8-6(9)5-2-1-3-7-4-5;;/h4*1-15H;1-8H;1-4H;1-4,8-9H;1H4;. The molecule has 14 aromatic carbocycles. The van der Waals surface area contributed by atoms with Crippen LogP contribution in [0.15, 0.2) is 466 Å². The van der Waals surface area contributed by atoms with Gasteiger partial charge in [0.05, 0.1) is 9.85 Å². The average molecular weight is 1700 g/mol. The molecule has 16 aromatic rings. The predicted octanol–water partition coefficient (Wildman–Crippen LogP) is 18.2. The van der Waals surface area contributed by atoms with Crippen LogP contribution in [0.2, 0.25) is 0 Å². The summed E-state index contributed by atoms with van der Waals surface area (Å²) in [6.07, 6.45) is 6.40. The Kier molecular flexibility index (Phi) is 37.6. The third-order valence-corrected chi connectivity index (χ3v) is 26.6. The van der Waals surface area contributed by atoms with Crippen molar-refractivity contribution < 1.29 is 40.3 Å². The van der Waals surface area contributed by atoms with E-state index in [0.717, 1.165) is 15.6 Å². The second-order valence-corrected chi connectivity index (χ2v) is 33.6. The number of hydrogen-bond donors (Lipinski definition) is 2. The van der Waals surface area contributed by atoms with Gasteiger partial charge in [-0.05, 0) is 143 Å². The first kappa shape index (κ1) is 86.6. The van der Waals surface area contributed by atoms with Gasteiger partial charge >= 0.3 is 7.12 Å². The second kappa shape index (κ2) is 48.6. The zero-order valence-corrected chi connectivity index (χ0v) is 67.0. The van der Waals surface area contributed by atoms with E-state index < -0.39 is 48.7 Å². The molecule has 0 aliphatic rings. The Bertz CT molecular complexity index is 4360. The number of halogens is 1. The van der Waals surface area contributed by atoms with Crippen LogP contribution in [0.5, 0.6) is 0 Å². The molecule has 0 fully saturated rings. The Hall–Kier alpha value is -11.0. The summed E-state index contributed by atoms with van der Waals surface area (Å²) in [4.78, 5) is 27.4. The first-order valence-electron chi connectivity index (χ1n) is 35.2. The summed E-state index contributed by atoms with van der Waals surface area (Å²) in [5.41, 5.74) is 2.50. The van der Waals surface area contributed by atoms with Gasteiger partial charge in [-0.25, -0.2) is 0 Å². The molecule has 0 atom stereocenters. The molecule has 0 aliphatic carbocycles. The van der Waals surface area contributed by atoms with Crippen molar-refractivity contribution in [1.82, 2.24) is 9.97 Å². The summed E-state index contributed by atoms with van der Waals surface area (Å²) < 4.78 is 0.845. The molecule has 0 bridgehead atoms. The van der Waals surface area contributed by atoms with E-state index in [1.54, 1.807) is 55.0 Å². The van der Waals surface area contributed by atoms with Crippen molar-refractivity contribution >= 4 is 135 Å². The quantitative estimate of drug-likeness (QED) is 0.0420. The van der Waals surface area contributed by atoms with Gasteiger partial charge in [-0.2, -0.15) is 0 Å². The molecule has 0 spiro atoms. The van der Waals surface area contributed by atoms with E-state index in [2.05, 4.69) is 390 Å². The van der Waals surface area contributed by atoms with Gasteiger partial charge in [-0.3, -0.25) is 30.2 Å². The molecule has 0 unspecified atom stereocenters. The van der Waals surface area contributed by atoms with E-state index >= 15 is 0 Å². The Morgan fingerprint density at radius 2 is 0.455 bits per heavy atom. The van der Waals surface area contributed by atoms with Crippen molar-refractivity contribution in [3.8, 4) is 11.1 Å². The van der Waals surface area contributed by atoms with Crippen molar-refractivity contribution in [3.05, 3.63) is 486 Å². The van der Waals surface area contributed by atoms with Crippen LogP contribution in [-0.2, 0) is 20.4 Å². The van der Waals surface area contributed by atoms with E-state index in [1.807, 2.05) is 12.1 Å². The summed E-state index contributed by atoms with van der Waals surface area (Å²) in [5.74, 6) is 0. The van der Waals surface area contributed by atoms with E-state index in [1.165, 1.54) is 94.1 Å². The van der Waals surface area contributed by atoms with Gasteiger partial charge in [0, 0.05) is 79.4 Å². The van der Waals surface area contributed by atoms with E-state index in [9.17, 15) is 20.2 Å². The van der Waals surface area contributed by atoms with Crippen LogP contribution in [0.4, 0.5) is 11.4 Å². The number of pyridine rings is 2. The monoisotopic (exact) mass is 1690 g/mol. The molecule has 10 nitrogen and oxygen atoms in total. The van der Waals surface area contributed by atoms with Gasteiger partial charge in [0.25, 0.3) is 11.4 Å². The SMILES string of the molecule is C.O=[N+]([O-])c1ccc(-c2cccnc2)cc1.O=[N+]([O-])c1ccc(Br)cc1.OB(O)c1cccnc1.[Pd].c1ccc(P(c2ccccc2)c2ccccc2)cc1.c1ccc(P(c2ccccc2)c2ccccc2)cc1.c1ccc(P(c2ccccc2)c2ccccc2)cc1.c1ccc(P(c2ccccc2)c2ccccc2)cc1. The van der Waals surface area contributed by atoms with E-state index in [4.69, 9.17) is 10.0 Å². The van der Waals surface area contributed by atoms with E-state index in [0.29, 0.717) is 5.46 Å². The first-order valence-corrected chi connectivity index (χ1v) is 41.4. The van der Waals surface area contributed by atoms with Crippen LogP contribution in [0.3, 0.4) is 0 Å². The molecule has 17 heteroatoms. The molecule has 0 aliphatic heterocycles. The van der Waals surface area contributed by atoms with Crippen LogP contribution in [-0.4, -0.2) is 37.0 Å². The smallest absolute Gasteiger partial charge is 0.423 e.